The van der Waals surface area contributed by atoms with Gasteiger partial charge in [-0.05, 0) is 49.2 Å². The van der Waals surface area contributed by atoms with E-state index in [4.69, 9.17) is 14.2 Å². The topological polar surface area (TPSA) is 80.3 Å². The van der Waals surface area contributed by atoms with E-state index < -0.39 is 0 Å². The lowest BCUT2D eigenvalue weighted by atomic mass is 10.1. The van der Waals surface area contributed by atoms with Gasteiger partial charge in [0.05, 0.1) is 13.7 Å². The standard InChI is InChI=1S/C24H29N3O5/c1-17(28)25-18-4-3-5-22(14-18)31-21-10-12-26(13-11-21)15-23-16-27(24(29)32-23)19-6-8-20(30-2)9-7-19/h3-9,14,21,23H,10-13,15-16H2,1-2H3,(H,25,28)/t23-/m0/s1. The van der Waals surface area contributed by atoms with E-state index in [1.54, 1.807) is 12.0 Å². The molecule has 1 atom stereocenters. The van der Waals surface area contributed by atoms with Gasteiger partial charge in [0.2, 0.25) is 5.91 Å². The zero-order valence-electron chi connectivity index (χ0n) is 18.5. The number of anilines is 2. The van der Waals surface area contributed by atoms with Gasteiger partial charge < -0.3 is 19.5 Å². The lowest BCUT2D eigenvalue weighted by Crippen LogP contribution is -2.42. The average molecular weight is 440 g/mol. The van der Waals surface area contributed by atoms with Crippen molar-refractivity contribution in [1.82, 2.24) is 4.90 Å². The third kappa shape index (κ3) is 5.50. The van der Waals surface area contributed by atoms with Crippen molar-refractivity contribution in [2.24, 2.45) is 0 Å². The van der Waals surface area contributed by atoms with Crippen molar-refractivity contribution in [2.45, 2.75) is 32.0 Å². The quantitative estimate of drug-likeness (QED) is 0.711. The molecule has 4 rings (SSSR count). The number of amides is 2. The molecule has 2 amide bonds. The van der Waals surface area contributed by atoms with E-state index in [1.807, 2.05) is 48.5 Å². The van der Waals surface area contributed by atoms with Gasteiger partial charge >= 0.3 is 6.09 Å². The molecular weight excluding hydrogens is 410 g/mol. The Morgan fingerprint density at radius 3 is 2.56 bits per heavy atom. The summed E-state index contributed by atoms with van der Waals surface area (Å²) in [5.41, 5.74) is 1.55. The highest BCUT2D eigenvalue weighted by Crippen LogP contribution is 2.26. The number of nitrogens with one attached hydrogen (secondary N) is 1. The van der Waals surface area contributed by atoms with Gasteiger partial charge in [-0.25, -0.2) is 4.79 Å². The first-order valence-corrected chi connectivity index (χ1v) is 10.9. The number of carbonyl (C=O) groups is 2. The molecule has 0 unspecified atom stereocenters. The Bertz CT molecular complexity index is 941. The molecule has 2 fully saturated rings. The van der Waals surface area contributed by atoms with Crippen molar-refractivity contribution in [1.29, 1.82) is 0 Å². The lowest BCUT2D eigenvalue weighted by Gasteiger charge is -2.33. The number of nitrogens with zero attached hydrogens (tertiary/aromatic N) is 2. The van der Waals surface area contributed by atoms with E-state index in [0.717, 1.165) is 48.8 Å². The second-order valence-corrected chi connectivity index (χ2v) is 8.14. The summed E-state index contributed by atoms with van der Waals surface area (Å²) in [6, 6.07) is 14.9. The van der Waals surface area contributed by atoms with E-state index in [9.17, 15) is 9.59 Å². The number of benzene rings is 2. The summed E-state index contributed by atoms with van der Waals surface area (Å²) in [7, 11) is 1.62. The summed E-state index contributed by atoms with van der Waals surface area (Å²) in [4.78, 5) is 27.6. The normalized spacial score (nSPS) is 19.5. The van der Waals surface area contributed by atoms with E-state index in [-0.39, 0.29) is 24.2 Å². The monoisotopic (exact) mass is 439 g/mol. The van der Waals surface area contributed by atoms with Crippen LogP contribution in [0.5, 0.6) is 11.5 Å². The van der Waals surface area contributed by atoms with Crippen LogP contribution in [0.15, 0.2) is 48.5 Å². The van der Waals surface area contributed by atoms with Crippen molar-refractivity contribution in [3.63, 3.8) is 0 Å². The number of rotatable bonds is 7. The summed E-state index contributed by atoms with van der Waals surface area (Å²) < 4.78 is 16.9. The third-order valence-electron chi connectivity index (χ3n) is 5.71. The van der Waals surface area contributed by atoms with Gasteiger partial charge in [-0.3, -0.25) is 14.6 Å². The molecule has 2 heterocycles. The molecule has 32 heavy (non-hydrogen) atoms. The molecule has 2 aliphatic heterocycles. The molecular formula is C24H29N3O5. The van der Waals surface area contributed by atoms with Crippen LogP contribution in [0.4, 0.5) is 16.2 Å². The van der Waals surface area contributed by atoms with E-state index >= 15 is 0 Å². The number of hydrogen-bond acceptors (Lipinski definition) is 6. The number of ether oxygens (including phenoxy) is 3. The molecule has 0 radical (unpaired) electrons. The molecule has 2 aliphatic rings. The Labute approximate surface area is 188 Å². The molecule has 2 aromatic carbocycles. The molecule has 2 aromatic rings. The van der Waals surface area contributed by atoms with Crippen LogP contribution in [0, 0.1) is 0 Å². The summed E-state index contributed by atoms with van der Waals surface area (Å²) in [5.74, 6) is 1.41. The summed E-state index contributed by atoms with van der Waals surface area (Å²) in [5, 5.41) is 2.78. The maximum Gasteiger partial charge on any atom is 0.414 e. The molecule has 0 spiro atoms. The summed E-state index contributed by atoms with van der Waals surface area (Å²) >= 11 is 0. The Morgan fingerprint density at radius 1 is 1.12 bits per heavy atom. The molecule has 170 valence electrons. The second-order valence-electron chi connectivity index (χ2n) is 8.14. The smallest absolute Gasteiger partial charge is 0.414 e. The first-order valence-electron chi connectivity index (χ1n) is 10.9. The molecule has 0 saturated carbocycles. The van der Waals surface area contributed by atoms with Crippen molar-refractivity contribution in [3.05, 3.63) is 48.5 Å². The van der Waals surface area contributed by atoms with Crippen LogP contribution in [-0.2, 0) is 9.53 Å². The minimum absolute atomic E-state index is 0.103. The second kappa shape index (κ2) is 9.91. The van der Waals surface area contributed by atoms with Crippen LogP contribution in [0.1, 0.15) is 19.8 Å². The maximum atomic E-state index is 12.3. The molecule has 2 saturated heterocycles. The predicted molar refractivity (Wildman–Crippen MR) is 121 cm³/mol. The van der Waals surface area contributed by atoms with Gasteiger partial charge in [0.1, 0.15) is 23.7 Å². The van der Waals surface area contributed by atoms with Crippen molar-refractivity contribution in [2.75, 3.05) is 43.5 Å². The SMILES string of the molecule is COc1ccc(N2C[C@H](CN3CCC(Oc4cccc(NC(C)=O)c4)CC3)OC2=O)cc1. The highest BCUT2D eigenvalue weighted by Gasteiger charge is 2.34. The Hall–Kier alpha value is -3.26. The summed E-state index contributed by atoms with van der Waals surface area (Å²) in [6.07, 6.45) is 1.45. The van der Waals surface area contributed by atoms with Crippen LogP contribution in [0.2, 0.25) is 0 Å². The fourth-order valence-electron chi connectivity index (χ4n) is 4.13. The Morgan fingerprint density at radius 2 is 1.88 bits per heavy atom. The Kier molecular flexibility index (Phi) is 6.80. The van der Waals surface area contributed by atoms with Gasteiger partial charge in [0, 0.05) is 44.0 Å². The van der Waals surface area contributed by atoms with Gasteiger partial charge in [-0.2, -0.15) is 0 Å². The highest BCUT2D eigenvalue weighted by molar-refractivity contribution is 5.90. The predicted octanol–water partition coefficient (Wildman–Crippen LogP) is 3.52. The van der Waals surface area contributed by atoms with Crippen molar-refractivity contribution >= 4 is 23.4 Å². The van der Waals surface area contributed by atoms with Crippen LogP contribution in [0.25, 0.3) is 0 Å². The third-order valence-corrected chi connectivity index (χ3v) is 5.71. The highest BCUT2D eigenvalue weighted by atomic mass is 16.6. The number of likely N-dealkylation sites (tertiary alicyclic amines) is 1. The first kappa shape index (κ1) is 22.0. The zero-order chi connectivity index (χ0) is 22.5. The maximum absolute atomic E-state index is 12.3. The summed E-state index contributed by atoms with van der Waals surface area (Å²) in [6.45, 7) is 4.50. The number of methoxy groups -OCH3 is 1. The van der Waals surface area contributed by atoms with E-state index in [1.165, 1.54) is 6.92 Å². The van der Waals surface area contributed by atoms with E-state index in [0.29, 0.717) is 13.1 Å². The fraction of sp³-hybridized carbons (Fsp3) is 0.417. The average Bonchev–Trinajstić information content (AvgIpc) is 3.15. The number of hydrogen-bond donors (Lipinski definition) is 1. The number of carbonyl (C=O) groups excluding carboxylic acids is 2. The van der Waals surface area contributed by atoms with Gasteiger partial charge in [-0.1, -0.05) is 6.07 Å². The van der Waals surface area contributed by atoms with Crippen molar-refractivity contribution < 1.29 is 23.8 Å². The molecule has 0 bridgehead atoms. The molecule has 0 aliphatic carbocycles. The molecule has 8 heteroatoms. The van der Waals surface area contributed by atoms with E-state index in [2.05, 4.69) is 10.2 Å². The first-order chi connectivity index (χ1) is 15.5. The molecule has 1 N–H and O–H groups in total. The fourth-order valence-corrected chi connectivity index (χ4v) is 4.13. The van der Waals surface area contributed by atoms with Gasteiger partial charge in [0.25, 0.3) is 0 Å². The van der Waals surface area contributed by atoms with Crippen molar-refractivity contribution in [3.8, 4) is 11.5 Å². The Balaban J connectivity index is 1.24. The zero-order valence-corrected chi connectivity index (χ0v) is 18.5. The lowest BCUT2D eigenvalue weighted by molar-refractivity contribution is -0.114. The van der Waals surface area contributed by atoms with Crippen LogP contribution in [-0.4, -0.2) is 62.4 Å². The largest absolute Gasteiger partial charge is 0.497 e. The van der Waals surface area contributed by atoms with Crippen LogP contribution < -0.4 is 19.7 Å². The minimum Gasteiger partial charge on any atom is -0.497 e. The van der Waals surface area contributed by atoms with Crippen LogP contribution in [0.3, 0.4) is 0 Å². The number of cyclic esters (lactones) is 1. The number of piperidine rings is 1. The van der Waals surface area contributed by atoms with Gasteiger partial charge in [0.15, 0.2) is 0 Å². The molecule has 0 aromatic heterocycles. The minimum atomic E-state index is -0.308. The molecule has 8 nitrogen and oxygen atoms in total. The van der Waals surface area contributed by atoms with Crippen LogP contribution >= 0.6 is 0 Å². The van der Waals surface area contributed by atoms with Gasteiger partial charge in [-0.15, -0.1) is 0 Å².